The van der Waals surface area contributed by atoms with Crippen LogP contribution in [0.25, 0.3) is 33.5 Å². The first-order valence-corrected chi connectivity index (χ1v) is 11.4. The van der Waals surface area contributed by atoms with Crippen molar-refractivity contribution in [3.8, 4) is 33.5 Å². The van der Waals surface area contributed by atoms with E-state index in [1.54, 1.807) is 0 Å². The van der Waals surface area contributed by atoms with Crippen LogP contribution in [-0.4, -0.2) is 4.98 Å². The first-order chi connectivity index (χ1) is 15.6. The highest BCUT2D eigenvalue weighted by molar-refractivity contribution is 5.83. The molecule has 2 aliphatic rings. The predicted molar refractivity (Wildman–Crippen MR) is 126 cm³/mol. The Bertz CT molecular complexity index is 1350. The normalized spacial score (nSPS) is 15.7. The van der Waals surface area contributed by atoms with Crippen LogP contribution < -0.4 is 4.57 Å². The van der Waals surface area contributed by atoms with E-state index in [0.717, 1.165) is 11.1 Å². The summed E-state index contributed by atoms with van der Waals surface area (Å²) in [4.78, 5) is 4.88. The van der Waals surface area contributed by atoms with Gasteiger partial charge in [-0.05, 0) is 72.4 Å². The highest BCUT2D eigenvalue weighted by atomic mass is 19.1. The number of aromatic nitrogens is 2. The molecular weight excluding hydrogens is 395 g/mol. The number of hydrogen-bond donors (Lipinski definition) is 0. The Hall–Kier alpha value is -3.33. The molecule has 0 unspecified atom stereocenters. The van der Waals surface area contributed by atoms with Gasteiger partial charge < -0.3 is 0 Å². The maximum Gasteiger partial charge on any atom is 0.212 e. The minimum atomic E-state index is -0.208. The van der Waals surface area contributed by atoms with E-state index < -0.39 is 0 Å². The minimum absolute atomic E-state index is 0.0704. The molecule has 0 radical (unpaired) electrons. The molecule has 1 saturated carbocycles. The molecule has 1 fully saturated rings. The summed E-state index contributed by atoms with van der Waals surface area (Å²) >= 11 is 0. The lowest BCUT2D eigenvalue weighted by atomic mass is 9.78. The van der Waals surface area contributed by atoms with Gasteiger partial charge in [0, 0.05) is 34.4 Å². The molecule has 3 heteroatoms. The van der Waals surface area contributed by atoms with Gasteiger partial charge in [-0.2, -0.15) is 0 Å². The van der Waals surface area contributed by atoms with Crippen molar-refractivity contribution >= 4 is 0 Å². The third kappa shape index (κ3) is 2.77. The molecule has 0 bridgehead atoms. The summed E-state index contributed by atoms with van der Waals surface area (Å²) in [6.45, 7) is 2.21. The van der Waals surface area contributed by atoms with Crippen LogP contribution in [-0.2, 0) is 12.5 Å². The van der Waals surface area contributed by atoms with Gasteiger partial charge in [0.1, 0.15) is 12.9 Å². The van der Waals surface area contributed by atoms with Gasteiger partial charge in [0.25, 0.3) is 0 Å². The Morgan fingerprint density at radius 1 is 0.875 bits per heavy atom. The minimum Gasteiger partial charge on any atom is -0.260 e. The SMILES string of the molecule is Cc1cc2c(cc1-c1ccc(-c3ccc(F)cc3)c[n+]1C)C1(CCCC1)c1ncccc1-2. The lowest BCUT2D eigenvalue weighted by Gasteiger charge is -2.25. The van der Waals surface area contributed by atoms with Gasteiger partial charge in [-0.25, -0.2) is 8.96 Å². The standard InChI is InChI=1S/C29H26FN2/c1-19-16-25-23-6-5-15-31-28(23)29(13-3-4-14-29)26(25)17-24(19)27-12-9-21(18-32(27)2)20-7-10-22(30)11-8-20/h5-12,15-18H,3-4,13-14H2,1-2H3/q+1. The molecule has 0 aliphatic heterocycles. The van der Waals surface area contributed by atoms with E-state index in [-0.39, 0.29) is 11.2 Å². The van der Waals surface area contributed by atoms with E-state index in [4.69, 9.17) is 4.98 Å². The van der Waals surface area contributed by atoms with Crippen LogP contribution >= 0.6 is 0 Å². The fourth-order valence-electron chi connectivity index (χ4n) is 5.92. The number of halogens is 1. The number of aryl methyl sites for hydroxylation is 2. The summed E-state index contributed by atoms with van der Waals surface area (Å²) < 4.78 is 15.5. The van der Waals surface area contributed by atoms with Gasteiger partial charge >= 0.3 is 0 Å². The summed E-state index contributed by atoms with van der Waals surface area (Å²) in [5.74, 6) is -0.208. The summed E-state index contributed by atoms with van der Waals surface area (Å²) in [5, 5.41) is 0. The van der Waals surface area contributed by atoms with Crippen molar-refractivity contribution in [2.75, 3.05) is 0 Å². The highest BCUT2D eigenvalue weighted by Crippen LogP contribution is 2.56. The van der Waals surface area contributed by atoms with Crippen LogP contribution in [0.4, 0.5) is 4.39 Å². The maximum atomic E-state index is 13.3. The van der Waals surface area contributed by atoms with Gasteiger partial charge in [0.2, 0.25) is 5.69 Å². The molecule has 2 aromatic carbocycles. The first kappa shape index (κ1) is 19.4. The Balaban J connectivity index is 1.49. The third-order valence-electron chi connectivity index (χ3n) is 7.48. The van der Waals surface area contributed by atoms with Crippen molar-refractivity contribution in [3.63, 3.8) is 0 Å². The lowest BCUT2D eigenvalue weighted by Crippen LogP contribution is -2.31. The zero-order valence-corrected chi connectivity index (χ0v) is 18.5. The van der Waals surface area contributed by atoms with Gasteiger partial charge in [0.05, 0.1) is 5.69 Å². The van der Waals surface area contributed by atoms with Crippen molar-refractivity contribution in [2.24, 2.45) is 7.05 Å². The van der Waals surface area contributed by atoms with E-state index in [1.807, 2.05) is 18.3 Å². The third-order valence-corrected chi connectivity index (χ3v) is 7.48. The fourth-order valence-corrected chi connectivity index (χ4v) is 5.92. The summed E-state index contributed by atoms with van der Waals surface area (Å²) in [6, 6.07) is 20.1. The second kappa shape index (κ2) is 7.09. The van der Waals surface area contributed by atoms with Crippen LogP contribution in [0.3, 0.4) is 0 Å². The van der Waals surface area contributed by atoms with Gasteiger partial charge in [0.15, 0.2) is 6.20 Å². The van der Waals surface area contributed by atoms with Crippen molar-refractivity contribution in [1.82, 2.24) is 4.98 Å². The van der Waals surface area contributed by atoms with Gasteiger partial charge in [-0.1, -0.05) is 37.1 Å². The summed E-state index contributed by atoms with van der Waals surface area (Å²) in [5.41, 5.74) is 11.3. The number of benzene rings is 2. The Labute approximate surface area is 188 Å². The molecule has 2 aromatic heterocycles. The quantitative estimate of drug-likeness (QED) is 0.336. The summed E-state index contributed by atoms with van der Waals surface area (Å²) in [6.07, 6.45) is 8.98. The molecule has 0 atom stereocenters. The molecule has 1 spiro atoms. The highest BCUT2D eigenvalue weighted by Gasteiger charge is 2.46. The zero-order valence-electron chi connectivity index (χ0n) is 18.5. The molecule has 32 heavy (non-hydrogen) atoms. The molecule has 6 rings (SSSR count). The zero-order chi connectivity index (χ0) is 21.9. The first-order valence-electron chi connectivity index (χ1n) is 11.4. The van der Waals surface area contributed by atoms with E-state index in [9.17, 15) is 4.39 Å². The number of pyridine rings is 2. The van der Waals surface area contributed by atoms with Crippen molar-refractivity contribution < 1.29 is 8.96 Å². The number of rotatable bonds is 2. The van der Waals surface area contributed by atoms with E-state index >= 15 is 0 Å². The molecule has 0 saturated heterocycles. The molecule has 158 valence electrons. The Morgan fingerprint density at radius 2 is 1.62 bits per heavy atom. The van der Waals surface area contributed by atoms with Crippen LogP contribution in [0.2, 0.25) is 0 Å². The molecule has 2 heterocycles. The van der Waals surface area contributed by atoms with Crippen molar-refractivity contribution in [3.05, 3.63) is 95.7 Å². The Kier molecular flexibility index (Phi) is 4.29. The fraction of sp³-hybridized carbons (Fsp3) is 0.241. The van der Waals surface area contributed by atoms with Crippen LogP contribution in [0.5, 0.6) is 0 Å². The monoisotopic (exact) mass is 421 g/mol. The maximum absolute atomic E-state index is 13.3. The van der Waals surface area contributed by atoms with Crippen LogP contribution in [0.15, 0.2) is 73.1 Å². The smallest absolute Gasteiger partial charge is 0.212 e. The average molecular weight is 422 g/mol. The van der Waals surface area contributed by atoms with Gasteiger partial charge in [-0.15, -0.1) is 0 Å². The number of hydrogen-bond acceptors (Lipinski definition) is 1. The van der Waals surface area contributed by atoms with E-state index in [2.05, 4.69) is 61.1 Å². The molecule has 4 aromatic rings. The van der Waals surface area contributed by atoms with Gasteiger partial charge in [-0.3, -0.25) is 4.98 Å². The molecule has 2 nitrogen and oxygen atoms in total. The topological polar surface area (TPSA) is 16.8 Å². The molecule has 0 amide bonds. The second-order valence-corrected chi connectivity index (χ2v) is 9.32. The Morgan fingerprint density at radius 3 is 2.38 bits per heavy atom. The molecule has 0 N–H and O–H groups in total. The van der Waals surface area contributed by atoms with Crippen LogP contribution in [0, 0.1) is 12.7 Å². The van der Waals surface area contributed by atoms with E-state index in [1.165, 1.54) is 77.0 Å². The predicted octanol–water partition coefficient (Wildman–Crippen LogP) is 6.53. The van der Waals surface area contributed by atoms with Crippen molar-refractivity contribution in [1.29, 1.82) is 0 Å². The second-order valence-electron chi connectivity index (χ2n) is 9.32. The van der Waals surface area contributed by atoms with Crippen molar-refractivity contribution in [2.45, 2.75) is 38.0 Å². The largest absolute Gasteiger partial charge is 0.260 e. The molecular formula is C29H26FN2+. The van der Waals surface area contributed by atoms with Crippen LogP contribution in [0.1, 0.15) is 42.5 Å². The number of nitrogens with zero attached hydrogens (tertiary/aromatic N) is 2. The summed E-state index contributed by atoms with van der Waals surface area (Å²) in [7, 11) is 2.09. The average Bonchev–Trinajstić information content (AvgIpc) is 3.39. The molecule has 2 aliphatic carbocycles. The lowest BCUT2D eigenvalue weighted by molar-refractivity contribution is -0.659. The van der Waals surface area contributed by atoms with E-state index in [0.29, 0.717) is 0 Å². The number of fused-ring (bicyclic) bond motifs is 5.